The summed E-state index contributed by atoms with van der Waals surface area (Å²) in [5.41, 5.74) is 0.452. The van der Waals surface area contributed by atoms with Crippen LogP contribution in [-0.4, -0.2) is 43.5 Å². The van der Waals surface area contributed by atoms with Gasteiger partial charge in [-0.3, -0.25) is 4.79 Å². The van der Waals surface area contributed by atoms with Gasteiger partial charge in [-0.2, -0.15) is 4.31 Å². The first-order valence-electron chi connectivity index (χ1n) is 11.3. The number of sulfonamides is 1. The molecule has 2 aromatic carbocycles. The number of carboxylic acids is 1. The van der Waals surface area contributed by atoms with Crippen molar-refractivity contribution in [1.29, 1.82) is 0 Å². The molecule has 1 aliphatic rings. The van der Waals surface area contributed by atoms with Gasteiger partial charge in [0, 0.05) is 24.6 Å². The topological polar surface area (TPSA) is 83.9 Å². The van der Waals surface area contributed by atoms with Gasteiger partial charge in [0.2, 0.25) is 10.0 Å². The molecule has 0 aromatic heterocycles. The first-order chi connectivity index (χ1) is 15.9. The lowest BCUT2D eigenvalue weighted by Gasteiger charge is -2.40. The van der Waals surface area contributed by atoms with Crippen LogP contribution in [0.25, 0.3) is 0 Å². The summed E-state index contributed by atoms with van der Waals surface area (Å²) in [4.78, 5) is 11.1. The summed E-state index contributed by atoms with van der Waals surface area (Å²) in [7, 11) is -4.11. The lowest BCUT2D eigenvalue weighted by molar-refractivity contribution is -0.141. The van der Waals surface area contributed by atoms with Gasteiger partial charge in [0.15, 0.2) is 0 Å². The van der Waals surface area contributed by atoms with E-state index in [9.17, 15) is 27.1 Å². The highest BCUT2D eigenvalue weighted by Crippen LogP contribution is 2.38. The Kier molecular flexibility index (Phi) is 7.67. The molecule has 2 aromatic rings. The Bertz CT molecular complexity index is 1100. The van der Waals surface area contributed by atoms with Crippen LogP contribution in [0.15, 0.2) is 47.4 Å². The van der Waals surface area contributed by atoms with Gasteiger partial charge in [0.1, 0.15) is 17.4 Å². The average molecular weight is 496 g/mol. The van der Waals surface area contributed by atoms with Crippen LogP contribution >= 0.6 is 0 Å². The zero-order valence-electron chi connectivity index (χ0n) is 19.7. The van der Waals surface area contributed by atoms with Crippen LogP contribution in [0.2, 0.25) is 0 Å². The first kappa shape index (κ1) is 26.1. The fourth-order valence-electron chi connectivity index (χ4n) is 4.16. The molecule has 1 saturated heterocycles. The number of benzene rings is 2. The molecule has 3 rings (SSSR count). The van der Waals surface area contributed by atoms with E-state index in [1.54, 1.807) is 0 Å². The minimum Gasteiger partial charge on any atom is -0.493 e. The minimum absolute atomic E-state index is 0.0285. The van der Waals surface area contributed by atoms with E-state index >= 15 is 0 Å². The fourth-order valence-corrected chi connectivity index (χ4v) is 5.65. The van der Waals surface area contributed by atoms with Gasteiger partial charge < -0.3 is 9.84 Å². The highest BCUT2D eigenvalue weighted by atomic mass is 32.2. The van der Waals surface area contributed by atoms with E-state index in [1.807, 2.05) is 24.3 Å². The van der Waals surface area contributed by atoms with Crippen LogP contribution in [0, 0.1) is 17.0 Å². The van der Waals surface area contributed by atoms with Gasteiger partial charge in [-0.1, -0.05) is 32.9 Å². The Balaban J connectivity index is 1.71. The number of carboxylic acid groups (broad SMARTS) is 1. The van der Waals surface area contributed by atoms with Gasteiger partial charge in [-0.05, 0) is 54.5 Å². The summed E-state index contributed by atoms with van der Waals surface area (Å²) in [5.74, 6) is -2.33. The number of hydrogen-bond acceptors (Lipinski definition) is 4. The second-order valence-electron chi connectivity index (χ2n) is 9.63. The molecule has 0 unspecified atom stereocenters. The van der Waals surface area contributed by atoms with E-state index in [4.69, 9.17) is 4.74 Å². The fraction of sp³-hybridized carbons (Fsp3) is 0.480. The lowest BCUT2D eigenvalue weighted by Crippen LogP contribution is -2.46. The molecular formula is C25H31F2NO5S. The van der Waals surface area contributed by atoms with Crippen LogP contribution in [0.5, 0.6) is 5.75 Å². The summed E-state index contributed by atoms with van der Waals surface area (Å²) < 4.78 is 60.0. The van der Waals surface area contributed by atoms with E-state index in [0.29, 0.717) is 11.8 Å². The zero-order chi connectivity index (χ0) is 25.1. The summed E-state index contributed by atoms with van der Waals surface area (Å²) in [6.45, 7) is 6.62. The average Bonchev–Trinajstić information content (AvgIpc) is 2.77. The van der Waals surface area contributed by atoms with Gasteiger partial charge in [-0.25, -0.2) is 17.2 Å². The van der Waals surface area contributed by atoms with Crippen molar-refractivity contribution >= 4 is 16.0 Å². The second-order valence-corrected chi connectivity index (χ2v) is 11.6. The van der Waals surface area contributed by atoms with Crippen LogP contribution in [0.1, 0.15) is 52.0 Å². The monoisotopic (exact) mass is 495 g/mol. The number of aliphatic carboxylic acids is 1. The Labute approximate surface area is 199 Å². The Morgan fingerprint density at radius 3 is 2.15 bits per heavy atom. The highest BCUT2D eigenvalue weighted by Gasteiger charge is 2.41. The Morgan fingerprint density at radius 2 is 1.65 bits per heavy atom. The molecule has 1 N–H and O–H groups in total. The van der Waals surface area contributed by atoms with E-state index < -0.39 is 37.9 Å². The number of piperidine rings is 1. The zero-order valence-corrected chi connectivity index (χ0v) is 20.5. The van der Waals surface area contributed by atoms with Crippen LogP contribution in [0.4, 0.5) is 8.78 Å². The highest BCUT2D eigenvalue weighted by molar-refractivity contribution is 7.89. The predicted octanol–water partition coefficient (Wildman–Crippen LogP) is 4.98. The predicted molar refractivity (Wildman–Crippen MR) is 124 cm³/mol. The normalized spacial score (nSPS) is 16.9. The van der Waals surface area contributed by atoms with Gasteiger partial charge in [0.25, 0.3) is 0 Å². The number of halogens is 2. The molecular weight excluding hydrogens is 464 g/mol. The van der Waals surface area contributed by atoms with Crippen molar-refractivity contribution in [2.24, 2.45) is 5.41 Å². The third kappa shape index (κ3) is 5.93. The molecule has 0 spiro atoms. The van der Waals surface area contributed by atoms with Crippen molar-refractivity contribution < 1.29 is 31.8 Å². The first-order valence-corrected chi connectivity index (χ1v) is 12.7. The molecule has 0 atom stereocenters. The van der Waals surface area contributed by atoms with E-state index in [0.717, 1.165) is 22.9 Å². The Morgan fingerprint density at radius 1 is 1.09 bits per heavy atom. The third-order valence-electron chi connectivity index (χ3n) is 6.85. The lowest BCUT2D eigenvalue weighted by atomic mass is 9.77. The van der Waals surface area contributed by atoms with Crippen LogP contribution in [-0.2, 0) is 20.2 Å². The van der Waals surface area contributed by atoms with Crippen molar-refractivity contribution in [2.75, 3.05) is 19.7 Å². The van der Waals surface area contributed by atoms with Crippen LogP contribution < -0.4 is 4.74 Å². The summed E-state index contributed by atoms with van der Waals surface area (Å²) in [6.07, 6.45) is 1.31. The largest absolute Gasteiger partial charge is 0.493 e. The van der Waals surface area contributed by atoms with Crippen molar-refractivity contribution in [3.63, 3.8) is 0 Å². The van der Waals surface area contributed by atoms with Gasteiger partial charge in [0.05, 0.1) is 17.9 Å². The molecule has 1 aliphatic heterocycles. The van der Waals surface area contributed by atoms with E-state index in [-0.39, 0.29) is 44.4 Å². The second kappa shape index (κ2) is 10.00. The van der Waals surface area contributed by atoms with E-state index in [1.165, 1.54) is 5.56 Å². The smallest absolute Gasteiger partial charge is 0.304 e. The molecule has 0 saturated carbocycles. The number of hydrogen-bond donors (Lipinski definition) is 1. The maximum absolute atomic E-state index is 13.6. The quantitative estimate of drug-likeness (QED) is 0.531. The van der Waals surface area contributed by atoms with Gasteiger partial charge in [-0.15, -0.1) is 0 Å². The van der Waals surface area contributed by atoms with E-state index in [2.05, 4.69) is 20.8 Å². The molecule has 34 heavy (non-hydrogen) atoms. The van der Waals surface area contributed by atoms with Crippen molar-refractivity contribution in [1.82, 2.24) is 4.31 Å². The summed E-state index contributed by atoms with van der Waals surface area (Å²) in [6, 6.07) is 9.89. The number of rotatable bonds is 9. The maximum Gasteiger partial charge on any atom is 0.304 e. The molecule has 1 fully saturated rings. The maximum atomic E-state index is 13.6. The van der Waals surface area contributed by atoms with Crippen molar-refractivity contribution in [2.45, 2.75) is 56.8 Å². The number of ether oxygens (including phenoxy) is 1. The van der Waals surface area contributed by atoms with Crippen molar-refractivity contribution in [3.05, 3.63) is 59.7 Å². The molecule has 0 bridgehead atoms. The summed E-state index contributed by atoms with van der Waals surface area (Å²) >= 11 is 0. The van der Waals surface area contributed by atoms with Crippen LogP contribution in [0.3, 0.4) is 0 Å². The van der Waals surface area contributed by atoms with Gasteiger partial charge >= 0.3 is 5.97 Å². The molecule has 6 nitrogen and oxygen atoms in total. The molecule has 9 heteroatoms. The molecule has 0 radical (unpaired) electrons. The standard InChI is InChI=1S/C25H31F2NO5S/c1-4-24(2,3)18-5-7-21(8-6-18)33-17-25(16-23(29)30)9-11-28(12-10-25)34(31,32)22-14-19(26)13-20(27)15-22/h5-8,13-15H,4,9-12,16-17H2,1-3H3,(H,29,30). The molecule has 186 valence electrons. The van der Waals surface area contributed by atoms with Crippen molar-refractivity contribution in [3.8, 4) is 5.75 Å². The number of carbonyl (C=O) groups is 1. The summed E-state index contributed by atoms with van der Waals surface area (Å²) in [5, 5.41) is 9.48. The molecule has 1 heterocycles. The SMILES string of the molecule is CCC(C)(C)c1ccc(OCC2(CC(=O)O)CCN(S(=O)(=O)c3cc(F)cc(F)c3)CC2)cc1. The number of nitrogens with zero attached hydrogens (tertiary/aromatic N) is 1. The molecule has 0 aliphatic carbocycles. The minimum atomic E-state index is -4.11. The molecule has 0 amide bonds. The Hall–Kier alpha value is -2.52. The third-order valence-corrected chi connectivity index (χ3v) is 8.72.